The van der Waals surface area contributed by atoms with Crippen LogP contribution in [-0.2, 0) is 6.54 Å². The zero-order chi connectivity index (χ0) is 18.6. The summed E-state index contributed by atoms with van der Waals surface area (Å²) in [5.74, 6) is 1.42. The van der Waals surface area contributed by atoms with Crippen molar-refractivity contribution >= 4 is 29.1 Å². The van der Waals surface area contributed by atoms with Crippen LogP contribution in [0.15, 0.2) is 54.7 Å². The van der Waals surface area contributed by atoms with Gasteiger partial charge in [-0.2, -0.15) is 0 Å². The number of rotatable bonds is 5. The molecule has 2 aromatic carbocycles. The smallest absolute Gasteiger partial charge is 0.270 e. The Bertz CT molecular complexity index is 979. The van der Waals surface area contributed by atoms with E-state index in [1.54, 1.807) is 30.3 Å². The van der Waals surface area contributed by atoms with E-state index in [-0.39, 0.29) is 18.4 Å². The summed E-state index contributed by atoms with van der Waals surface area (Å²) in [4.78, 5) is 20.8. The third kappa shape index (κ3) is 4.09. The molecule has 0 radical (unpaired) electrons. The fourth-order valence-electron chi connectivity index (χ4n) is 2.53. The molecule has 1 aromatic heterocycles. The van der Waals surface area contributed by atoms with E-state index >= 15 is 0 Å². The van der Waals surface area contributed by atoms with Gasteiger partial charge in [-0.1, -0.05) is 17.7 Å². The van der Waals surface area contributed by atoms with Crippen molar-refractivity contribution in [1.29, 1.82) is 0 Å². The Morgan fingerprint density at radius 2 is 1.89 bits per heavy atom. The van der Waals surface area contributed by atoms with Gasteiger partial charge in [0.15, 0.2) is 11.5 Å². The standard InChI is InChI=1S/C19H15ClN4O3/c20-13-2-4-14(5-3-13)23-19-21-8-7-15(24-19)18(25)22-10-12-1-6-16-17(9-12)27-11-26-16/h1-9H,10-11H2,(H,22,25)(H,21,23,24). The van der Waals surface area contributed by atoms with E-state index in [1.165, 1.54) is 6.20 Å². The molecule has 0 fully saturated rings. The van der Waals surface area contributed by atoms with Crippen molar-refractivity contribution in [1.82, 2.24) is 15.3 Å². The van der Waals surface area contributed by atoms with Crippen LogP contribution >= 0.6 is 11.6 Å². The number of nitrogens with zero attached hydrogens (tertiary/aromatic N) is 2. The van der Waals surface area contributed by atoms with Gasteiger partial charge in [-0.3, -0.25) is 4.79 Å². The summed E-state index contributed by atoms with van der Waals surface area (Å²) in [6.45, 7) is 0.564. The number of halogens is 1. The minimum atomic E-state index is -0.297. The minimum absolute atomic E-state index is 0.218. The lowest BCUT2D eigenvalue weighted by molar-refractivity contribution is 0.0946. The summed E-state index contributed by atoms with van der Waals surface area (Å²) in [5.41, 5.74) is 1.95. The van der Waals surface area contributed by atoms with E-state index in [2.05, 4.69) is 20.6 Å². The second kappa shape index (κ2) is 7.51. The Labute approximate surface area is 160 Å². The molecule has 4 rings (SSSR count). The van der Waals surface area contributed by atoms with Crippen LogP contribution in [0.25, 0.3) is 0 Å². The average molecular weight is 383 g/mol. The molecule has 2 heterocycles. The molecule has 1 aliphatic heterocycles. The molecule has 0 saturated heterocycles. The van der Waals surface area contributed by atoms with Crippen molar-refractivity contribution in [3.8, 4) is 11.5 Å². The van der Waals surface area contributed by atoms with E-state index in [1.807, 2.05) is 18.2 Å². The number of fused-ring (bicyclic) bond motifs is 1. The maximum atomic E-state index is 12.4. The third-order valence-corrected chi connectivity index (χ3v) is 4.13. The van der Waals surface area contributed by atoms with Crippen LogP contribution in [0.3, 0.4) is 0 Å². The Morgan fingerprint density at radius 1 is 1.07 bits per heavy atom. The number of hydrogen-bond donors (Lipinski definition) is 2. The van der Waals surface area contributed by atoms with Crippen LogP contribution < -0.4 is 20.1 Å². The van der Waals surface area contributed by atoms with E-state index < -0.39 is 0 Å². The van der Waals surface area contributed by atoms with Crippen LogP contribution in [0.5, 0.6) is 11.5 Å². The molecule has 0 spiro atoms. The maximum Gasteiger partial charge on any atom is 0.270 e. The highest BCUT2D eigenvalue weighted by atomic mass is 35.5. The molecule has 0 saturated carbocycles. The second-order valence-corrected chi connectivity index (χ2v) is 6.20. The molecule has 0 bridgehead atoms. The lowest BCUT2D eigenvalue weighted by Crippen LogP contribution is -2.24. The summed E-state index contributed by atoms with van der Waals surface area (Å²) in [7, 11) is 0. The Balaban J connectivity index is 1.40. The average Bonchev–Trinajstić information content (AvgIpc) is 3.16. The third-order valence-electron chi connectivity index (χ3n) is 3.88. The number of hydrogen-bond acceptors (Lipinski definition) is 6. The molecule has 1 aliphatic rings. The number of benzene rings is 2. The minimum Gasteiger partial charge on any atom is -0.454 e. The highest BCUT2D eigenvalue weighted by molar-refractivity contribution is 6.30. The molecular weight excluding hydrogens is 368 g/mol. The summed E-state index contributed by atoms with van der Waals surface area (Å²) >= 11 is 5.87. The monoisotopic (exact) mass is 382 g/mol. The van der Waals surface area contributed by atoms with Crippen molar-refractivity contribution in [3.63, 3.8) is 0 Å². The van der Waals surface area contributed by atoms with Crippen LogP contribution in [-0.4, -0.2) is 22.7 Å². The van der Waals surface area contributed by atoms with Gasteiger partial charge in [-0.25, -0.2) is 9.97 Å². The van der Waals surface area contributed by atoms with Gasteiger partial charge in [-0.05, 0) is 48.0 Å². The van der Waals surface area contributed by atoms with Gasteiger partial charge in [-0.15, -0.1) is 0 Å². The topological polar surface area (TPSA) is 85.4 Å². The van der Waals surface area contributed by atoms with Gasteiger partial charge >= 0.3 is 0 Å². The number of carbonyl (C=O) groups is 1. The molecule has 0 aliphatic carbocycles. The van der Waals surface area contributed by atoms with Crippen molar-refractivity contribution in [2.75, 3.05) is 12.1 Å². The van der Waals surface area contributed by atoms with E-state index in [0.29, 0.717) is 29.0 Å². The van der Waals surface area contributed by atoms with E-state index in [9.17, 15) is 4.79 Å². The lowest BCUT2D eigenvalue weighted by Gasteiger charge is -2.08. The van der Waals surface area contributed by atoms with E-state index in [0.717, 1.165) is 11.3 Å². The van der Waals surface area contributed by atoms with Gasteiger partial charge < -0.3 is 20.1 Å². The number of nitrogens with one attached hydrogen (secondary N) is 2. The number of anilines is 2. The molecule has 1 amide bonds. The summed E-state index contributed by atoms with van der Waals surface area (Å²) in [5, 5.41) is 6.51. The predicted octanol–water partition coefficient (Wildman–Crippen LogP) is 3.53. The van der Waals surface area contributed by atoms with Crippen molar-refractivity contribution < 1.29 is 14.3 Å². The van der Waals surface area contributed by atoms with Gasteiger partial charge in [0.05, 0.1) is 0 Å². The van der Waals surface area contributed by atoms with Crippen LogP contribution in [0, 0.1) is 0 Å². The van der Waals surface area contributed by atoms with Crippen LogP contribution in [0.2, 0.25) is 5.02 Å². The number of amides is 1. The molecule has 27 heavy (non-hydrogen) atoms. The Hall–Kier alpha value is -3.32. The maximum absolute atomic E-state index is 12.4. The normalized spacial score (nSPS) is 11.9. The SMILES string of the molecule is O=C(NCc1ccc2c(c1)OCO2)c1ccnc(Nc2ccc(Cl)cc2)n1. The quantitative estimate of drug-likeness (QED) is 0.702. The first kappa shape index (κ1) is 17.1. The first-order chi connectivity index (χ1) is 13.2. The zero-order valence-corrected chi connectivity index (χ0v) is 14.9. The summed E-state index contributed by atoms with van der Waals surface area (Å²) < 4.78 is 10.6. The van der Waals surface area contributed by atoms with Gasteiger partial charge in [0.25, 0.3) is 5.91 Å². The zero-order valence-electron chi connectivity index (χ0n) is 14.1. The molecule has 136 valence electrons. The fourth-order valence-corrected chi connectivity index (χ4v) is 2.66. The van der Waals surface area contributed by atoms with Gasteiger partial charge in [0, 0.05) is 23.5 Å². The summed E-state index contributed by atoms with van der Waals surface area (Å²) in [6.07, 6.45) is 1.53. The van der Waals surface area contributed by atoms with Crippen LogP contribution in [0.4, 0.5) is 11.6 Å². The molecule has 0 unspecified atom stereocenters. The van der Waals surface area contributed by atoms with Crippen molar-refractivity contribution in [2.24, 2.45) is 0 Å². The van der Waals surface area contributed by atoms with Crippen LogP contribution in [0.1, 0.15) is 16.1 Å². The highest BCUT2D eigenvalue weighted by Gasteiger charge is 2.14. The highest BCUT2D eigenvalue weighted by Crippen LogP contribution is 2.32. The first-order valence-corrected chi connectivity index (χ1v) is 8.57. The van der Waals surface area contributed by atoms with Gasteiger partial charge in [0.1, 0.15) is 5.69 Å². The second-order valence-electron chi connectivity index (χ2n) is 5.77. The molecule has 8 heteroatoms. The number of aromatic nitrogens is 2. The molecule has 3 aromatic rings. The number of carbonyl (C=O) groups excluding carboxylic acids is 1. The first-order valence-electron chi connectivity index (χ1n) is 8.20. The predicted molar refractivity (Wildman–Crippen MR) is 101 cm³/mol. The molecule has 7 nitrogen and oxygen atoms in total. The fraction of sp³-hybridized carbons (Fsp3) is 0.105. The van der Waals surface area contributed by atoms with E-state index in [4.69, 9.17) is 21.1 Å². The van der Waals surface area contributed by atoms with Gasteiger partial charge in [0.2, 0.25) is 12.7 Å². The number of ether oxygens (including phenoxy) is 2. The lowest BCUT2D eigenvalue weighted by atomic mass is 10.2. The van der Waals surface area contributed by atoms with Crippen molar-refractivity contribution in [2.45, 2.75) is 6.54 Å². The largest absolute Gasteiger partial charge is 0.454 e. The van der Waals surface area contributed by atoms with Crippen molar-refractivity contribution in [3.05, 3.63) is 71.0 Å². The molecular formula is C19H15ClN4O3. The summed E-state index contributed by atoms with van der Waals surface area (Å²) in [6, 6.07) is 14.2. The molecule has 2 N–H and O–H groups in total. The Kier molecular flexibility index (Phi) is 4.76. The molecule has 0 atom stereocenters. The Morgan fingerprint density at radius 3 is 2.74 bits per heavy atom.